The van der Waals surface area contributed by atoms with Gasteiger partial charge in [-0.2, -0.15) is 0 Å². The Morgan fingerprint density at radius 1 is 1.00 bits per heavy atom. The molecule has 0 saturated heterocycles. The summed E-state index contributed by atoms with van der Waals surface area (Å²) in [7, 11) is 1.29. The predicted octanol–water partition coefficient (Wildman–Crippen LogP) is 3.48. The average molecular weight is 391 g/mol. The van der Waals surface area contributed by atoms with E-state index in [0.717, 1.165) is 6.07 Å². The first-order chi connectivity index (χ1) is 12.9. The van der Waals surface area contributed by atoms with Gasteiger partial charge in [-0.15, -0.1) is 0 Å². The van der Waals surface area contributed by atoms with Crippen molar-refractivity contribution in [3.8, 4) is 0 Å². The zero-order valence-corrected chi connectivity index (χ0v) is 15.0. The molecule has 1 aliphatic rings. The van der Waals surface area contributed by atoms with Gasteiger partial charge in [0.15, 0.2) is 0 Å². The van der Waals surface area contributed by atoms with Crippen molar-refractivity contribution >= 4 is 40.8 Å². The number of rotatable bonds is 5. The van der Waals surface area contributed by atoms with Gasteiger partial charge in [-0.3, -0.25) is 9.59 Å². The summed E-state index contributed by atoms with van der Waals surface area (Å²) in [6.07, 6.45) is 0.423. The summed E-state index contributed by atoms with van der Waals surface area (Å²) in [5.74, 6) is -2.54. The molecule has 140 valence electrons. The molecular formula is C19H16ClFN2O4. The topological polar surface area (TPSA) is 84.5 Å². The lowest BCUT2D eigenvalue weighted by atomic mass is 10.2. The average Bonchev–Trinajstić information content (AvgIpc) is 3.46. The molecule has 2 aromatic rings. The summed E-state index contributed by atoms with van der Waals surface area (Å²) >= 11 is 5.68. The molecule has 27 heavy (non-hydrogen) atoms. The fourth-order valence-corrected chi connectivity index (χ4v) is 2.81. The maximum absolute atomic E-state index is 13.1. The van der Waals surface area contributed by atoms with Crippen LogP contribution in [0.1, 0.15) is 16.8 Å². The molecule has 2 N–H and O–H groups in total. The molecule has 2 amide bonds. The number of halogens is 2. The minimum Gasteiger partial charge on any atom is -0.465 e. The first-order valence-corrected chi connectivity index (χ1v) is 8.52. The number of carbonyl (C=O) groups excluding carboxylic acids is 3. The second-order valence-corrected chi connectivity index (χ2v) is 6.53. The number of esters is 1. The van der Waals surface area contributed by atoms with Crippen LogP contribution in [0, 0.1) is 17.7 Å². The van der Waals surface area contributed by atoms with E-state index < -0.39 is 23.6 Å². The van der Waals surface area contributed by atoms with Crippen molar-refractivity contribution < 1.29 is 23.5 Å². The predicted molar refractivity (Wildman–Crippen MR) is 98.0 cm³/mol. The van der Waals surface area contributed by atoms with Gasteiger partial charge >= 0.3 is 5.97 Å². The molecule has 1 aliphatic carbocycles. The van der Waals surface area contributed by atoms with Crippen LogP contribution < -0.4 is 10.6 Å². The second kappa shape index (κ2) is 7.75. The summed E-state index contributed by atoms with van der Waals surface area (Å²) in [6.45, 7) is 0. The Hall–Kier alpha value is -2.93. The van der Waals surface area contributed by atoms with Gasteiger partial charge < -0.3 is 15.4 Å². The third kappa shape index (κ3) is 4.43. The first-order valence-electron chi connectivity index (χ1n) is 8.14. The number of ether oxygens (including phenoxy) is 1. The molecule has 3 rings (SSSR count). The van der Waals surface area contributed by atoms with Gasteiger partial charge in [-0.05, 0) is 48.9 Å². The number of amides is 2. The standard InChI is InChI=1S/C19H16ClFN2O4/c1-27-19(26)10-2-4-11(5-3-10)22-17(24)13-9-14(13)18(25)23-12-6-7-16(21)15(20)8-12/h2-8,13-14H,9H2,1H3,(H,22,24)(H,23,25). The third-order valence-corrected chi connectivity index (χ3v) is 4.51. The number of benzene rings is 2. The highest BCUT2D eigenvalue weighted by molar-refractivity contribution is 6.31. The van der Waals surface area contributed by atoms with E-state index in [2.05, 4.69) is 15.4 Å². The molecular weight excluding hydrogens is 375 g/mol. The fraction of sp³-hybridized carbons (Fsp3) is 0.211. The maximum Gasteiger partial charge on any atom is 0.337 e. The quantitative estimate of drug-likeness (QED) is 0.765. The van der Waals surface area contributed by atoms with Crippen LogP contribution in [0.2, 0.25) is 5.02 Å². The Labute approximate surface area is 159 Å². The van der Waals surface area contributed by atoms with Crippen LogP contribution in [-0.2, 0) is 14.3 Å². The molecule has 0 heterocycles. The van der Waals surface area contributed by atoms with Crippen molar-refractivity contribution in [2.45, 2.75) is 6.42 Å². The highest BCUT2D eigenvalue weighted by Gasteiger charge is 2.48. The third-order valence-electron chi connectivity index (χ3n) is 4.22. The minimum absolute atomic E-state index is 0.0895. The number of methoxy groups -OCH3 is 1. The molecule has 6 nitrogen and oxygen atoms in total. The zero-order valence-electron chi connectivity index (χ0n) is 14.3. The molecule has 0 bridgehead atoms. The number of nitrogens with one attached hydrogen (secondary N) is 2. The van der Waals surface area contributed by atoms with Gasteiger partial charge in [-0.1, -0.05) is 11.6 Å². The summed E-state index contributed by atoms with van der Waals surface area (Å²) in [5, 5.41) is 5.25. The van der Waals surface area contributed by atoms with Crippen LogP contribution in [0.25, 0.3) is 0 Å². The highest BCUT2D eigenvalue weighted by Crippen LogP contribution is 2.40. The van der Waals surface area contributed by atoms with Gasteiger partial charge in [0.2, 0.25) is 11.8 Å². The molecule has 1 saturated carbocycles. The highest BCUT2D eigenvalue weighted by atomic mass is 35.5. The summed E-state index contributed by atoms with van der Waals surface area (Å²) in [5.41, 5.74) is 1.26. The second-order valence-electron chi connectivity index (χ2n) is 6.13. The molecule has 0 aromatic heterocycles. The Morgan fingerprint density at radius 3 is 2.11 bits per heavy atom. The zero-order chi connectivity index (χ0) is 19.6. The summed E-state index contributed by atoms with van der Waals surface area (Å²) < 4.78 is 17.8. The minimum atomic E-state index is -0.573. The van der Waals surface area contributed by atoms with E-state index in [0.29, 0.717) is 23.4 Å². The van der Waals surface area contributed by atoms with Gasteiger partial charge in [0, 0.05) is 11.4 Å². The Morgan fingerprint density at radius 2 is 1.56 bits per heavy atom. The van der Waals surface area contributed by atoms with Crippen molar-refractivity contribution in [1.82, 2.24) is 0 Å². The monoisotopic (exact) mass is 390 g/mol. The number of carbonyl (C=O) groups is 3. The maximum atomic E-state index is 13.1. The van der Waals surface area contributed by atoms with Crippen molar-refractivity contribution in [2.24, 2.45) is 11.8 Å². The smallest absolute Gasteiger partial charge is 0.337 e. The molecule has 0 radical (unpaired) electrons. The Bertz CT molecular complexity index is 901. The summed E-state index contributed by atoms with van der Waals surface area (Å²) in [4.78, 5) is 35.9. The fourth-order valence-electron chi connectivity index (χ4n) is 2.63. The van der Waals surface area contributed by atoms with E-state index >= 15 is 0 Å². The van der Waals surface area contributed by atoms with Gasteiger partial charge in [0.05, 0.1) is 29.5 Å². The lowest BCUT2D eigenvalue weighted by Crippen LogP contribution is -2.20. The largest absolute Gasteiger partial charge is 0.465 e. The molecule has 8 heteroatoms. The van der Waals surface area contributed by atoms with E-state index in [1.54, 1.807) is 12.1 Å². The van der Waals surface area contributed by atoms with Gasteiger partial charge in [-0.25, -0.2) is 9.18 Å². The van der Waals surface area contributed by atoms with E-state index in [4.69, 9.17) is 11.6 Å². The lowest BCUT2D eigenvalue weighted by molar-refractivity contribution is -0.122. The first kappa shape index (κ1) is 18.8. The SMILES string of the molecule is COC(=O)c1ccc(NC(=O)C2CC2C(=O)Nc2ccc(F)c(Cl)c2)cc1. The van der Waals surface area contributed by atoms with E-state index in [1.807, 2.05) is 0 Å². The van der Waals surface area contributed by atoms with Crippen molar-refractivity contribution in [3.63, 3.8) is 0 Å². The molecule has 1 fully saturated rings. The van der Waals surface area contributed by atoms with E-state index in [-0.39, 0.29) is 16.8 Å². The van der Waals surface area contributed by atoms with Gasteiger partial charge in [0.25, 0.3) is 0 Å². The summed E-state index contributed by atoms with van der Waals surface area (Å²) in [6, 6.07) is 10.1. The van der Waals surface area contributed by atoms with Crippen LogP contribution in [0.15, 0.2) is 42.5 Å². The lowest BCUT2D eigenvalue weighted by Gasteiger charge is -2.07. The Balaban J connectivity index is 1.54. The van der Waals surface area contributed by atoms with Crippen LogP contribution in [0.5, 0.6) is 0 Å². The molecule has 2 aromatic carbocycles. The van der Waals surface area contributed by atoms with Crippen LogP contribution in [0.4, 0.5) is 15.8 Å². The van der Waals surface area contributed by atoms with E-state index in [1.165, 1.54) is 31.4 Å². The molecule has 0 spiro atoms. The Kier molecular flexibility index (Phi) is 5.41. The molecule has 2 unspecified atom stereocenters. The van der Waals surface area contributed by atoms with Crippen molar-refractivity contribution in [3.05, 3.63) is 58.9 Å². The van der Waals surface area contributed by atoms with E-state index in [9.17, 15) is 18.8 Å². The van der Waals surface area contributed by atoms with Crippen molar-refractivity contribution in [1.29, 1.82) is 0 Å². The van der Waals surface area contributed by atoms with Gasteiger partial charge in [0.1, 0.15) is 5.82 Å². The van der Waals surface area contributed by atoms with Crippen LogP contribution in [0.3, 0.4) is 0 Å². The molecule has 2 atom stereocenters. The number of hydrogen-bond donors (Lipinski definition) is 2. The van der Waals surface area contributed by atoms with Crippen LogP contribution >= 0.6 is 11.6 Å². The number of hydrogen-bond acceptors (Lipinski definition) is 4. The molecule has 0 aliphatic heterocycles. The van der Waals surface area contributed by atoms with Crippen molar-refractivity contribution in [2.75, 3.05) is 17.7 Å². The van der Waals surface area contributed by atoms with Crippen LogP contribution in [-0.4, -0.2) is 24.9 Å². The normalized spacial score (nSPS) is 17.7. The number of anilines is 2.